The van der Waals surface area contributed by atoms with Crippen LogP contribution in [0.3, 0.4) is 0 Å². The highest BCUT2D eigenvalue weighted by Gasteiger charge is 2.18. The minimum absolute atomic E-state index is 0.180. The highest BCUT2D eigenvalue weighted by molar-refractivity contribution is 5.73. The maximum absolute atomic E-state index is 11.2. The summed E-state index contributed by atoms with van der Waals surface area (Å²) in [6, 6.07) is 6.37. The van der Waals surface area contributed by atoms with Gasteiger partial charge in [-0.25, -0.2) is 0 Å². The SMILES string of the molecule is CC.CC(=O)N1CCc2cccc(C)c2C1. The Morgan fingerprint density at radius 1 is 1.31 bits per heavy atom. The van der Waals surface area contributed by atoms with Crippen LogP contribution in [0.1, 0.15) is 37.5 Å². The summed E-state index contributed by atoms with van der Waals surface area (Å²) in [5.41, 5.74) is 4.05. The molecule has 0 bridgehead atoms. The standard InChI is InChI=1S/C12H15NO.C2H6/c1-9-4-3-5-11-6-7-13(10(2)14)8-12(9)11;1-2/h3-5H,6-8H2,1-2H3;1-2H3. The number of fused-ring (bicyclic) bond motifs is 1. The lowest BCUT2D eigenvalue weighted by Crippen LogP contribution is -2.34. The van der Waals surface area contributed by atoms with Crippen LogP contribution in [-0.2, 0) is 17.8 Å². The van der Waals surface area contributed by atoms with E-state index in [1.807, 2.05) is 18.7 Å². The molecule has 0 fully saturated rings. The molecule has 0 aromatic heterocycles. The van der Waals surface area contributed by atoms with Gasteiger partial charge in [-0.3, -0.25) is 4.79 Å². The summed E-state index contributed by atoms with van der Waals surface area (Å²) in [6.07, 6.45) is 0.997. The van der Waals surface area contributed by atoms with Gasteiger partial charge in [0.15, 0.2) is 0 Å². The first kappa shape index (κ1) is 12.8. The Hall–Kier alpha value is -1.31. The topological polar surface area (TPSA) is 20.3 Å². The van der Waals surface area contributed by atoms with E-state index in [1.54, 1.807) is 6.92 Å². The minimum atomic E-state index is 0.180. The van der Waals surface area contributed by atoms with Crippen LogP contribution in [0, 0.1) is 6.92 Å². The van der Waals surface area contributed by atoms with Crippen LogP contribution >= 0.6 is 0 Å². The molecule has 0 saturated heterocycles. The first-order valence-corrected chi connectivity index (χ1v) is 6.01. The third-order valence-electron chi connectivity index (χ3n) is 2.95. The predicted molar refractivity (Wildman–Crippen MR) is 67.3 cm³/mol. The van der Waals surface area contributed by atoms with E-state index in [0.717, 1.165) is 19.5 Å². The van der Waals surface area contributed by atoms with E-state index < -0.39 is 0 Å². The Morgan fingerprint density at radius 2 is 2.00 bits per heavy atom. The molecule has 0 spiro atoms. The van der Waals surface area contributed by atoms with Gasteiger partial charge in [0, 0.05) is 20.0 Å². The lowest BCUT2D eigenvalue weighted by molar-refractivity contribution is -0.129. The number of amides is 1. The van der Waals surface area contributed by atoms with Gasteiger partial charge in [0.2, 0.25) is 5.91 Å². The number of carbonyl (C=O) groups is 1. The summed E-state index contributed by atoms with van der Waals surface area (Å²) in [7, 11) is 0. The van der Waals surface area contributed by atoms with E-state index in [9.17, 15) is 4.79 Å². The molecule has 1 aliphatic heterocycles. The Morgan fingerprint density at radius 3 is 2.62 bits per heavy atom. The number of nitrogens with zero attached hydrogens (tertiary/aromatic N) is 1. The van der Waals surface area contributed by atoms with Crippen molar-refractivity contribution in [2.45, 2.75) is 40.7 Å². The fourth-order valence-electron chi connectivity index (χ4n) is 2.02. The smallest absolute Gasteiger partial charge is 0.219 e. The third kappa shape index (κ3) is 2.63. The van der Waals surface area contributed by atoms with E-state index in [0.29, 0.717) is 0 Å². The van der Waals surface area contributed by atoms with Crippen molar-refractivity contribution in [2.75, 3.05) is 6.54 Å². The van der Waals surface area contributed by atoms with Gasteiger partial charge >= 0.3 is 0 Å². The number of benzene rings is 1. The van der Waals surface area contributed by atoms with Crippen LogP contribution in [-0.4, -0.2) is 17.4 Å². The normalized spacial score (nSPS) is 13.6. The van der Waals surface area contributed by atoms with E-state index in [-0.39, 0.29) is 5.91 Å². The van der Waals surface area contributed by atoms with Gasteiger partial charge in [-0.2, -0.15) is 0 Å². The number of carbonyl (C=O) groups excluding carboxylic acids is 1. The molecular weight excluding hydrogens is 198 g/mol. The van der Waals surface area contributed by atoms with Crippen molar-refractivity contribution in [3.8, 4) is 0 Å². The molecule has 1 aromatic carbocycles. The van der Waals surface area contributed by atoms with Crippen molar-refractivity contribution in [3.63, 3.8) is 0 Å². The highest BCUT2D eigenvalue weighted by Crippen LogP contribution is 2.21. The quantitative estimate of drug-likeness (QED) is 0.657. The van der Waals surface area contributed by atoms with E-state index in [1.165, 1.54) is 16.7 Å². The summed E-state index contributed by atoms with van der Waals surface area (Å²) in [5.74, 6) is 0.180. The van der Waals surface area contributed by atoms with Gasteiger partial charge < -0.3 is 4.90 Å². The van der Waals surface area contributed by atoms with Gasteiger partial charge in [0.05, 0.1) is 0 Å². The van der Waals surface area contributed by atoms with Crippen LogP contribution in [0.5, 0.6) is 0 Å². The molecule has 1 amide bonds. The van der Waals surface area contributed by atoms with E-state index in [4.69, 9.17) is 0 Å². The van der Waals surface area contributed by atoms with Crippen molar-refractivity contribution >= 4 is 5.91 Å². The summed E-state index contributed by atoms with van der Waals surface area (Å²) >= 11 is 0. The number of rotatable bonds is 0. The molecule has 0 saturated carbocycles. The molecule has 0 radical (unpaired) electrons. The number of aryl methyl sites for hydroxylation is 1. The average molecular weight is 219 g/mol. The van der Waals surface area contributed by atoms with Crippen molar-refractivity contribution in [1.82, 2.24) is 4.90 Å². The summed E-state index contributed by atoms with van der Waals surface area (Å²) in [5, 5.41) is 0. The lowest BCUT2D eigenvalue weighted by atomic mass is 9.96. The molecule has 2 heteroatoms. The van der Waals surface area contributed by atoms with Crippen molar-refractivity contribution in [1.29, 1.82) is 0 Å². The largest absolute Gasteiger partial charge is 0.338 e. The molecule has 1 aromatic rings. The van der Waals surface area contributed by atoms with Crippen LogP contribution in [0.25, 0.3) is 0 Å². The third-order valence-corrected chi connectivity index (χ3v) is 2.95. The molecule has 2 rings (SSSR count). The fraction of sp³-hybridized carbons (Fsp3) is 0.500. The first-order chi connectivity index (χ1) is 7.68. The second-order valence-electron chi connectivity index (χ2n) is 3.90. The zero-order valence-corrected chi connectivity index (χ0v) is 10.7. The molecule has 88 valence electrons. The van der Waals surface area contributed by atoms with Crippen LogP contribution in [0.2, 0.25) is 0 Å². The Bertz CT molecular complexity index is 371. The number of hydrogen-bond donors (Lipinski definition) is 0. The zero-order valence-electron chi connectivity index (χ0n) is 10.7. The van der Waals surface area contributed by atoms with Crippen molar-refractivity contribution in [2.24, 2.45) is 0 Å². The van der Waals surface area contributed by atoms with Gasteiger partial charge in [-0.1, -0.05) is 32.0 Å². The maximum Gasteiger partial charge on any atom is 0.219 e. The molecule has 0 atom stereocenters. The zero-order chi connectivity index (χ0) is 12.1. The highest BCUT2D eigenvalue weighted by atomic mass is 16.2. The van der Waals surface area contributed by atoms with Crippen molar-refractivity contribution in [3.05, 3.63) is 34.9 Å². The molecule has 0 N–H and O–H groups in total. The Kier molecular flexibility index (Phi) is 4.53. The molecule has 1 heterocycles. The van der Waals surface area contributed by atoms with Gasteiger partial charge in [0.25, 0.3) is 0 Å². The number of hydrogen-bond acceptors (Lipinski definition) is 1. The second-order valence-corrected chi connectivity index (χ2v) is 3.90. The van der Waals surface area contributed by atoms with Crippen molar-refractivity contribution < 1.29 is 4.79 Å². The summed E-state index contributed by atoms with van der Waals surface area (Å²) < 4.78 is 0. The predicted octanol–water partition coefficient (Wildman–Crippen LogP) is 2.93. The lowest BCUT2D eigenvalue weighted by Gasteiger charge is -2.29. The fourth-order valence-corrected chi connectivity index (χ4v) is 2.02. The van der Waals surface area contributed by atoms with Crippen LogP contribution in [0.15, 0.2) is 18.2 Å². The first-order valence-electron chi connectivity index (χ1n) is 6.01. The molecule has 0 unspecified atom stereocenters. The average Bonchev–Trinajstić information content (AvgIpc) is 2.32. The Labute approximate surface area is 98.3 Å². The monoisotopic (exact) mass is 219 g/mol. The molecule has 0 aliphatic carbocycles. The molecule has 1 aliphatic rings. The van der Waals surface area contributed by atoms with Gasteiger partial charge in [-0.05, 0) is 30.0 Å². The summed E-state index contributed by atoms with van der Waals surface area (Å²) in [4.78, 5) is 13.2. The van der Waals surface area contributed by atoms with Gasteiger partial charge in [0.1, 0.15) is 0 Å². The molecular formula is C14H21NO. The van der Waals surface area contributed by atoms with Gasteiger partial charge in [-0.15, -0.1) is 0 Å². The molecule has 2 nitrogen and oxygen atoms in total. The second kappa shape index (κ2) is 5.69. The van der Waals surface area contributed by atoms with Crippen LogP contribution < -0.4 is 0 Å². The minimum Gasteiger partial charge on any atom is -0.338 e. The summed E-state index contributed by atoms with van der Waals surface area (Å²) in [6.45, 7) is 9.41. The molecule has 16 heavy (non-hydrogen) atoms. The van der Waals surface area contributed by atoms with E-state index >= 15 is 0 Å². The van der Waals surface area contributed by atoms with E-state index in [2.05, 4.69) is 25.1 Å². The Balaban J connectivity index is 0.000000606. The maximum atomic E-state index is 11.2. The van der Waals surface area contributed by atoms with Crippen LogP contribution in [0.4, 0.5) is 0 Å².